The molecular formula is C14H17ClN4. The van der Waals surface area contributed by atoms with Gasteiger partial charge in [-0.2, -0.15) is 0 Å². The molecule has 19 heavy (non-hydrogen) atoms. The molecule has 1 aliphatic rings. The maximum atomic E-state index is 5.88. The number of hydrogen-bond acceptors (Lipinski definition) is 3. The first-order valence-electron chi connectivity index (χ1n) is 6.71. The van der Waals surface area contributed by atoms with Crippen molar-refractivity contribution in [2.75, 3.05) is 13.1 Å². The highest BCUT2D eigenvalue weighted by Crippen LogP contribution is 2.14. The van der Waals surface area contributed by atoms with Crippen molar-refractivity contribution in [1.82, 2.24) is 19.9 Å². The number of nitrogens with zero attached hydrogens (tertiary/aromatic N) is 4. The Morgan fingerprint density at radius 2 is 1.79 bits per heavy atom. The molecule has 0 bridgehead atoms. The third kappa shape index (κ3) is 3.14. The van der Waals surface area contributed by atoms with Crippen molar-refractivity contribution >= 4 is 11.6 Å². The Labute approximate surface area is 118 Å². The zero-order chi connectivity index (χ0) is 13.1. The summed E-state index contributed by atoms with van der Waals surface area (Å²) < 4.78 is 1.80. The molecule has 0 spiro atoms. The Hall–Kier alpha value is -1.39. The standard InChI is InChI=1S/C14H17ClN4/c15-12-4-6-14(7-5-12)19-11-13(16-17-19)10-18-8-2-1-3-9-18/h4-7,11H,1-3,8-10H2. The van der Waals surface area contributed by atoms with Gasteiger partial charge in [-0.1, -0.05) is 23.2 Å². The minimum Gasteiger partial charge on any atom is -0.297 e. The fourth-order valence-electron chi connectivity index (χ4n) is 2.44. The quantitative estimate of drug-likeness (QED) is 0.864. The van der Waals surface area contributed by atoms with Gasteiger partial charge in [-0.15, -0.1) is 5.10 Å². The van der Waals surface area contributed by atoms with Crippen molar-refractivity contribution < 1.29 is 0 Å². The smallest absolute Gasteiger partial charge is 0.0971 e. The summed E-state index contributed by atoms with van der Waals surface area (Å²) in [6, 6.07) is 7.62. The highest BCUT2D eigenvalue weighted by molar-refractivity contribution is 6.30. The van der Waals surface area contributed by atoms with Crippen LogP contribution in [-0.4, -0.2) is 33.0 Å². The Morgan fingerprint density at radius 3 is 2.53 bits per heavy atom. The van der Waals surface area contributed by atoms with E-state index >= 15 is 0 Å². The van der Waals surface area contributed by atoms with Crippen molar-refractivity contribution in [2.24, 2.45) is 0 Å². The third-order valence-corrected chi connectivity index (χ3v) is 3.72. The summed E-state index contributed by atoms with van der Waals surface area (Å²) in [6.07, 6.45) is 5.95. The van der Waals surface area contributed by atoms with Crippen LogP contribution < -0.4 is 0 Å². The fraction of sp³-hybridized carbons (Fsp3) is 0.429. The second-order valence-corrected chi connectivity index (χ2v) is 5.40. The second-order valence-electron chi connectivity index (χ2n) is 4.97. The average molecular weight is 277 g/mol. The van der Waals surface area contributed by atoms with Crippen LogP contribution in [0, 0.1) is 0 Å². The van der Waals surface area contributed by atoms with Gasteiger partial charge in [0, 0.05) is 11.6 Å². The molecule has 0 aliphatic carbocycles. The SMILES string of the molecule is Clc1ccc(-n2cc(CN3CCCCC3)nn2)cc1. The molecule has 0 atom stereocenters. The maximum absolute atomic E-state index is 5.88. The van der Waals surface area contributed by atoms with E-state index in [-0.39, 0.29) is 0 Å². The van der Waals surface area contributed by atoms with Crippen LogP contribution in [0.2, 0.25) is 5.02 Å². The van der Waals surface area contributed by atoms with E-state index in [1.807, 2.05) is 30.5 Å². The lowest BCUT2D eigenvalue weighted by atomic mass is 10.1. The van der Waals surface area contributed by atoms with Gasteiger partial charge in [0.05, 0.1) is 17.6 Å². The number of benzene rings is 1. The second kappa shape index (κ2) is 5.72. The number of likely N-dealkylation sites (tertiary alicyclic amines) is 1. The van der Waals surface area contributed by atoms with E-state index in [9.17, 15) is 0 Å². The van der Waals surface area contributed by atoms with E-state index in [2.05, 4.69) is 15.2 Å². The molecule has 1 aliphatic heterocycles. The predicted octanol–water partition coefficient (Wildman–Crippen LogP) is 2.91. The van der Waals surface area contributed by atoms with Crippen LogP contribution in [0.15, 0.2) is 30.5 Å². The number of hydrogen-bond donors (Lipinski definition) is 0. The first-order valence-corrected chi connectivity index (χ1v) is 7.08. The highest BCUT2D eigenvalue weighted by Gasteiger charge is 2.12. The van der Waals surface area contributed by atoms with Crippen LogP contribution in [-0.2, 0) is 6.54 Å². The first-order chi connectivity index (χ1) is 9.31. The average Bonchev–Trinajstić information content (AvgIpc) is 2.89. The Balaban J connectivity index is 1.70. The van der Waals surface area contributed by atoms with E-state index in [0.717, 1.165) is 22.9 Å². The molecule has 5 heteroatoms. The Morgan fingerprint density at radius 1 is 1.05 bits per heavy atom. The molecule has 2 aromatic rings. The summed E-state index contributed by atoms with van der Waals surface area (Å²) >= 11 is 5.88. The fourth-order valence-corrected chi connectivity index (χ4v) is 2.56. The van der Waals surface area contributed by atoms with Crippen molar-refractivity contribution in [3.63, 3.8) is 0 Å². The molecule has 0 unspecified atom stereocenters. The van der Waals surface area contributed by atoms with Crippen molar-refractivity contribution in [1.29, 1.82) is 0 Å². The van der Waals surface area contributed by atoms with E-state index < -0.39 is 0 Å². The number of halogens is 1. The topological polar surface area (TPSA) is 34.0 Å². The Kier molecular flexibility index (Phi) is 3.80. The van der Waals surface area contributed by atoms with Crippen LogP contribution in [0.4, 0.5) is 0 Å². The summed E-state index contributed by atoms with van der Waals surface area (Å²) in [4.78, 5) is 2.44. The van der Waals surface area contributed by atoms with Crippen LogP contribution in [0.25, 0.3) is 5.69 Å². The predicted molar refractivity (Wildman–Crippen MR) is 75.5 cm³/mol. The molecule has 0 N–H and O–H groups in total. The molecule has 1 saturated heterocycles. The van der Waals surface area contributed by atoms with Crippen molar-refractivity contribution in [3.8, 4) is 5.69 Å². The molecular weight excluding hydrogens is 260 g/mol. The summed E-state index contributed by atoms with van der Waals surface area (Å²) in [5, 5.41) is 9.16. The number of rotatable bonds is 3. The lowest BCUT2D eigenvalue weighted by molar-refractivity contribution is 0.218. The summed E-state index contributed by atoms with van der Waals surface area (Å²) in [6.45, 7) is 3.25. The van der Waals surface area contributed by atoms with Crippen LogP contribution in [0.5, 0.6) is 0 Å². The first kappa shape index (κ1) is 12.6. The summed E-state index contributed by atoms with van der Waals surface area (Å²) in [5.74, 6) is 0. The molecule has 4 nitrogen and oxygen atoms in total. The molecule has 1 fully saturated rings. The van der Waals surface area contributed by atoms with Gasteiger partial charge >= 0.3 is 0 Å². The molecule has 1 aromatic heterocycles. The highest BCUT2D eigenvalue weighted by atomic mass is 35.5. The van der Waals surface area contributed by atoms with E-state index in [1.54, 1.807) is 4.68 Å². The van der Waals surface area contributed by atoms with Gasteiger partial charge in [-0.25, -0.2) is 4.68 Å². The molecule has 1 aromatic carbocycles. The largest absolute Gasteiger partial charge is 0.297 e. The van der Waals surface area contributed by atoms with Gasteiger partial charge in [-0.05, 0) is 50.2 Å². The van der Waals surface area contributed by atoms with Crippen LogP contribution >= 0.6 is 11.6 Å². The van der Waals surface area contributed by atoms with Gasteiger partial charge in [0.2, 0.25) is 0 Å². The molecule has 0 radical (unpaired) electrons. The molecule has 3 rings (SSSR count). The maximum Gasteiger partial charge on any atom is 0.0971 e. The van der Waals surface area contributed by atoms with Gasteiger partial charge in [0.15, 0.2) is 0 Å². The monoisotopic (exact) mass is 276 g/mol. The van der Waals surface area contributed by atoms with E-state index in [1.165, 1.54) is 32.4 Å². The summed E-state index contributed by atoms with van der Waals surface area (Å²) in [7, 11) is 0. The lowest BCUT2D eigenvalue weighted by Crippen LogP contribution is -2.29. The molecule has 100 valence electrons. The van der Waals surface area contributed by atoms with Crippen molar-refractivity contribution in [2.45, 2.75) is 25.8 Å². The third-order valence-electron chi connectivity index (χ3n) is 3.47. The number of piperidine rings is 1. The van der Waals surface area contributed by atoms with Gasteiger partial charge in [0.25, 0.3) is 0 Å². The molecule has 2 heterocycles. The molecule has 0 amide bonds. The minimum absolute atomic E-state index is 0.734. The number of aromatic nitrogens is 3. The van der Waals surface area contributed by atoms with Crippen LogP contribution in [0.1, 0.15) is 25.0 Å². The van der Waals surface area contributed by atoms with Crippen LogP contribution in [0.3, 0.4) is 0 Å². The van der Waals surface area contributed by atoms with Gasteiger partial charge < -0.3 is 0 Å². The zero-order valence-electron chi connectivity index (χ0n) is 10.8. The van der Waals surface area contributed by atoms with E-state index in [0.29, 0.717) is 0 Å². The van der Waals surface area contributed by atoms with Gasteiger partial charge in [-0.3, -0.25) is 4.90 Å². The van der Waals surface area contributed by atoms with Crippen molar-refractivity contribution in [3.05, 3.63) is 41.2 Å². The summed E-state index contributed by atoms with van der Waals surface area (Å²) in [5.41, 5.74) is 2.01. The minimum atomic E-state index is 0.734. The van der Waals surface area contributed by atoms with E-state index in [4.69, 9.17) is 11.6 Å². The zero-order valence-corrected chi connectivity index (χ0v) is 11.6. The Bertz CT molecular complexity index is 529. The molecule has 0 saturated carbocycles. The van der Waals surface area contributed by atoms with Gasteiger partial charge in [0.1, 0.15) is 0 Å². The normalized spacial score (nSPS) is 16.7. The lowest BCUT2D eigenvalue weighted by Gasteiger charge is -2.25.